The number of amidine groups is 4. The molecular formula is C89H99BrF2N12O14. The predicted molar refractivity (Wildman–Crippen MR) is 450 cm³/mol. The summed E-state index contributed by atoms with van der Waals surface area (Å²) < 4.78 is 52.6. The molecule has 0 aliphatic carbocycles. The number of aliphatic imine (C=N–C) groups is 4. The summed E-state index contributed by atoms with van der Waals surface area (Å²) >= 11 is 3.50. The van der Waals surface area contributed by atoms with E-state index >= 15 is 0 Å². The molecule has 4 saturated heterocycles. The summed E-state index contributed by atoms with van der Waals surface area (Å²) in [4.78, 5) is 82.6. The Morgan fingerprint density at radius 2 is 0.636 bits per heavy atom. The first-order chi connectivity index (χ1) is 56.1. The van der Waals surface area contributed by atoms with Gasteiger partial charge in [-0.15, -0.1) is 0 Å². The van der Waals surface area contributed by atoms with Crippen LogP contribution in [0.2, 0.25) is 0 Å². The summed E-state index contributed by atoms with van der Waals surface area (Å²) in [7, 11) is 0. The number of aromatic hydroxyl groups is 2. The minimum absolute atomic E-state index is 0.0926. The number of hydrogen-bond acceptors (Lipinski definition) is 22. The van der Waals surface area contributed by atoms with E-state index in [-0.39, 0.29) is 23.1 Å². The van der Waals surface area contributed by atoms with Crippen molar-refractivity contribution in [1.29, 1.82) is 0 Å². The normalized spacial score (nSPS) is 16.8. The Balaban J connectivity index is 0.000000136. The van der Waals surface area contributed by atoms with Gasteiger partial charge < -0.3 is 69.2 Å². The average Bonchev–Trinajstić information content (AvgIpc) is 1.67. The minimum Gasteiger partial charge on any atom is -0.508 e. The van der Waals surface area contributed by atoms with Gasteiger partial charge in [-0.2, -0.15) is 0 Å². The Morgan fingerprint density at radius 1 is 0.339 bits per heavy atom. The Hall–Kier alpha value is -11.5. The predicted octanol–water partition coefficient (Wildman–Crippen LogP) is 15.2. The van der Waals surface area contributed by atoms with E-state index in [2.05, 4.69) is 55.1 Å². The van der Waals surface area contributed by atoms with E-state index in [1.165, 1.54) is 24.3 Å². The van der Waals surface area contributed by atoms with Crippen molar-refractivity contribution < 1.29 is 77.5 Å². The number of rotatable bonds is 12. The molecule has 8 aliphatic rings. The van der Waals surface area contributed by atoms with Gasteiger partial charge in [-0.25, -0.2) is 28.8 Å². The average molecular weight is 1680 g/mol. The first kappa shape index (κ1) is 84.4. The van der Waals surface area contributed by atoms with Crippen molar-refractivity contribution in [3.63, 3.8) is 0 Å². The van der Waals surface area contributed by atoms with Crippen molar-refractivity contribution in [2.75, 3.05) is 131 Å². The first-order valence-electron chi connectivity index (χ1n) is 39.4. The molecule has 6 N–H and O–H groups in total. The number of nitrogens with zero attached hydrogens (tertiary/aromatic N) is 12. The van der Waals surface area contributed by atoms with Crippen LogP contribution in [0, 0.1) is 40.2 Å². The molecule has 118 heavy (non-hydrogen) atoms. The molecule has 8 aromatic rings. The molecule has 8 heterocycles. The van der Waals surface area contributed by atoms with Gasteiger partial charge in [0, 0.05) is 154 Å². The number of ether oxygens (including phenoxy) is 4. The molecule has 16 rings (SSSR count). The lowest BCUT2D eigenvalue weighted by molar-refractivity contribution is -0.149. The molecule has 29 heteroatoms. The number of carboxylic acids is 4. The molecule has 0 unspecified atom stereocenters. The zero-order valence-electron chi connectivity index (χ0n) is 67.6. The van der Waals surface area contributed by atoms with E-state index in [0.717, 1.165) is 140 Å². The maximum atomic E-state index is 13.8. The van der Waals surface area contributed by atoms with Gasteiger partial charge in [-0.1, -0.05) is 51.8 Å². The fourth-order valence-corrected chi connectivity index (χ4v) is 15.3. The van der Waals surface area contributed by atoms with Crippen molar-refractivity contribution in [2.24, 2.45) is 41.6 Å². The monoisotopic (exact) mass is 1680 g/mol. The van der Waals surface area contributed by atoms with Crippen molar-refractivity contribution in [3.05, 3.63) is 202 Å². The van der Waals surface area contributed by atoms with Crippen LogP contribution < -0.4 is 18.9 Å². The fourth-order valence-electron chi connectivity index (χ4n) is 14.9. The summed E-state index contributed by atoms with van der Waals surface area (Å²) in [6, 6.07) is 45.7. The van der Waals surface area contributed by atoms with Gasteiger partial charge in [0.15, 0.2) is 23.0 Å². The lowest BCUT2D eigenvalue weighted by Crippen LogP contribution is -2.52. The molecule has 8 aromatic carbocycles. The lowest BCUT2D eigenvalue weighted by Gasteiger charge is -2.39. The molecule has 0 aromatic heterocycles. The molecule has 0 saturated carbocycles. The third kappa shape index (κ3) is 20.0. The Morgan fingerprint density at radius 3 is 1.02 bits per heavy atom. The van der Waals surface area contributed by atoms with Crippen LogP contribution in [-0.4, -0.2) is 248 Å². The molecule has 26 nitrogen and oxygen atoms in total. The second-order valence-electron chi connectivity index (χ2n) is 33.1. The number of phenols is 2. The highest BCUT2D eigenvalue weighted by atomic mass is 79.9. The minimum atomic E-state index is -0.815. The first-order valence-corrected chi connectivity index (χ1v) is 40.2. The summed E-state index contributed by atoms with van der Waals surface area (Å²) in [5.74, 6) is 4.18. The Labute approximate surface area is 692 Å². The van der Waals surface area contributed by atoms with E-state index in [9.17, 15) is 58.6 Å². The highest BCUT2D eigenvalue weighted by Gasteiger charge is 2.39. The molecule has 0 atom stereocenters. The number of halogens is 3. The molecule has 8 aliphatic heterocycles. The van der Waals surface area contributed by atoms with Crippen LogP contribution in [0.5, 0.6) is 57.5 Å². The summed E-state index contributed by atoms with van der Waals surface area (Å²) in [6.07, 6.45) is 0. The number of piperazine rings is 4. The smallest absolute Gasteiger partial charge is 0.310 e. The van der Waals surface area contributed by atoms with Crippen LogP contribution in [0.25, 0.3) is 0 Å². The lowest BCUT2D eigenvalue weighted by atomic mass is 9.93. The van der Waals surface area contributed by atoms with Gasteiger partial charge in [0.05, 0.1) is 43.9 Å². The maximum absolute atomic E-state index is 13.8. The quantitative estimate of drug-likeness (QED) is 0.0662. The van der Waals surface area contributed by atoms with Gasteiger partial charge in [-0.05, 0) is 172 Å². The molecule has 0 spiro atoms. The van der Waals surface area contributed by atoms with E-state index in [4.69, 9.17) is 38.9 Å². The Bertz CT molecular complexity index is 5080. The molecule has 620 valence electrons. The third-order valence-electron chi connectivity index (χ3n) is 21.8. The topological polar surface area (TPSA) is 302 Å². The summed E-state index contributed by atoms with van der Waals surface area (Å²) in [5.41, 5.74) is 3.82. The Kier molecular flexibility index (Phi) is 25.3. The van der Waals surface area contributed by atoms with E-state index in [1.54, 1.807) is 104 Å². The highest BCUT2D eigenvalue weighted by molar-refractivity contribution is 9.10. The number of carbonyl (C=O) groups is 4. The van der Waals surface area contributed by atoms with Crippen molar-refractivity contribution in [1.82, 2.24) is 39.2 Å². The standard InChI is InChI=1S/C23H26FN3O3.C22H24BrN3O3.C22H24FN3O3.C22H25N3O5/c1-15-4-7-19-17(12-15)21(25-18-6-5-16(24)13-20(18)30-19)27-10-8-26(9-11-27)14-23(2,3)22(28)29;2*1-22(2,21(27)28)14-25-9-11-26(12-10-25)20-16-5-3-4-6-18(16)29-19-13-15(23)7-8-17(19)24-20;1-22(2,21(28)29)13-24-7-9-25(10-8-24)20-16-11-14(26)3-5-18(16)30-19-6-4-15(27)12-17(19)23-20/h4-7,12-13H,8-11,14H2,1-3H3,(H,28,29);2*3-8,13H,9-12,14H2,1-2H3,(H,27,28);3-6,11-12,26-27H,7-10,13H2,1-2H3,(H,28,29). The number of phenolic OH excluding ortho intramolecular Hbond substituents is 2. The van der Waals surface area contributed by atoms with E-state index in [0.29, 0.717) is 115 Å². The van der Waals surface area contributed by atoms with Crippen LogP contribution in [0.4, 0.5) is 31.5 Å². The second kappa shape index (κ2) is 35.4. The number of hydrogen-bond donors (Lipinski definition) is 6. The zero-order chi connectivity index (χ0) is 84.1. The zero-order valence-corrected chi connectivity index (χ0v) is 69.2. The van der Waals surface area contributed by atoms with Gasteiger partial charge in [0.2, 0.25) is 0 Å². The number of aliphatic carboxylic acids is 4. The molecule has 0 bridgehead atoms. The fraction of sp³-hybridized carbons (Fsp3) is 0.371. The molecule has 4 fully saturated rings. The van der Waals surface area contributed by atoms with Gasteiger partial charge in [0.1, 0.15) is 92.2 Å². The van der Waals surface area contributed by atoms with Crippen molar-refractivity contribution in [3.8, 4) is 57.5 Å². The summed E-state index contributed by atoms with van der Waals surface area (Å²) in [5, 5.41) is 57.5. The maximum Gasteiger partial charge on any atom is 0.310 e. The highest BCUT2D eigenvalue weighted by Crippen LogP contribution is 2.45. The van der Waals surface area contributed by atoms with Crippen LogP contribution in [-0.2, 0) is 19.2 Å². The third-order valence-corrected chi connectivity index (χ3v) is 22.3. The number of carboxylic acid groups (broad SMARTS) is 4. The SMILES string of the molecule is CC(C)(CN1CCN(C2=Nc3cc(O)ccc3Oc3ccc(O)cc32)CC1)C(=O)O.CC(C)(CN1CCN(C2=Nc3ccc(Br)cc3Oc3ccccc32)CC1)C(=O)O.CC(C)(CN1CCN(C2=Nc3ccc(F)cc3Oc3ccccc32)CC1)C(=O)O.Cc1ccc2c(c1)C(N1CCN(CC(C)(C)C(=O)O)CC1)=Nc1ccc(F)cc1O2. The number of fused-ring (bicyclic) bond motifs is 8. The molecule has 0 radical (unpaired) electrons. The largest absolute Gasteiger partial charge is 0.508 e. The van der Waals surface area contributed by atoms with Crippen LogP contribution in [0.3, 0.4) is 0 Å². The number of para-hydroxylation sites is 2. The van der Waals surface area contributed by atoms with Gasteiger partial charge in [0.25, 0.3) is 0 Å². The van der Waals surface area contributed by atoms with Crippen molar-refractivity contribution in [2.45, 2.75) is 62.3 Å². The van der Waals surface area contributed by atoms with Gasteiger partial charge >= 0.3 is 23.9 Å². The van der Waals surface area contributed by atoms with Crippen LogP contribution in [0.15, 0.2) is 182 Å². The molecule has 0 amide bonds. The van der Waals surface area contributed by atoms with E-state index < -0.39 is 45.5 Å². The van der Waals surface area contributed by atoms with Crippen molar-refractivity contribution >= 4 is 85.9 Å². The van der Waals surface area contributed by atoms with Gasteiger partial charge in [-0.3, -0.25) is 38.8 Å². The number of aryl methyl sites for hydroxylation is 1. The van der Waals surface area contributed by atoms with Crippen LogP contribution in [0.1, 0.15) is 83.2 Å². The second-order valence-corrected chi connectivity index (χ2v) is 34.0. The number of benzene rings is 8. The molecular weight excluding hydrogens is 1580 g/mol. The van der Waals surface area contributed by atoms with Crippen LogP contribution >= 0.6 is 15.9 Å². The van der Waals surface area contributed by atoms with E-state index in [1.807, 2.05) is 91.9 Å². The summed E-state index contributed by atoms with van der Waals surface area (Å²) in [6.45, 7) is 29.8.